The average molecular weight is 237 g/mol. The second-order valence-corrected chi connectivity index (χ2v) is 5.95. The lowest BCUT2D eigenvalue weighted by atomic mass is 9.91. The first-order valence-electron chi connectivity index (χ1n) is 7.64. The molecule has 98 valence electrons. The molecule has 1 N–H and O–H groups in total. The van der Waals surface area contributed by atoms with Crippen LogP contribution in [0.5, 0.6) is 0 Å². The average Bonchev–Trinajstić information content (AvgIpc) is 2.64. The predicted octanol–water partition coefficient (Wildman–Crippen LogP) is 1.30. The van der Waals surface area contributed by atoms with E-state index in [4.69, 9.17) is 0 Å². The van der Waals surface area contributed by atoms with Gasteiger partial charge in [0, 0.05) is 38.3 Å². The number of rotatable bonds is 1. The first kappa shape index (κ1) is 11.9. The van der Waals surface area contributed by atoms with Gasteiger partial charge in [-0.2, -0.15) is 0 Å². The van der Waals surface area contributed by atoms with Crippen molar-refractivity contribution in [3.63, 3.8) is 0 Å². The van der Waals surface area contributed by atoms with Crippen LogP contribution in [0, 0.1) is 0 Å². The standard InChI is InChI=1S/C14H27N3/c1-2-5-13-14(17-11-7-15-8-12-17)6-4-10-16(13)9-3-1/h13-15H,1-12H2. The van der Waals surface area contributed by atoms with Crippen molar-refractivity contribution in [2.24, 2.45) is 0 Å². The number of fused-ring (bicyclic) bond motifs is 1. The Kier molecular flexibility index (Phi) is 3.99. The van der Waals surface area contributed by atoms with Crippen molar-refractivity contribution < 1.29 is 0 Å². The van der Waals surface area contributed by atoms with Crippen LogP contribution >= 0.6 is 0 Å². The molecular formula is C14H27N3. The van der Waals surface area contributed by atoms with E-state index >= 15 is 0 Å². The molecule has 0 amide bonds. The molecule has 3 aliphatic heterocycles. The van der Waals surface area contributed by atoms with Crippen LogP contribution in [0.25, 0.3) is 0 Å². The third kappa shape index (κ3) is 2.67. The molecule has 0 saturated carbocycles. The quantitative estimate of drug-likeness (QED) is 0.741. The van der Waals surface area contributed by atoms with E-state index in [1.807, 2.05) is 0 Å². The van der Waals surface area contributed by atoms with E-state index in [-0.39, 0.29) is 0 Å². The normalized spacial score (nSPS) is 37.4. The summed E-state index contributed by atoms with van der Waals surface area (Å²) in [5.74, 6) is 0. The van der Waals surface area contributed by atoms with Gasteiger partial charge in [-0.15, -0.1) is 0 Å². The Bertz CT molecular complexity index is 238. The van der Waals surface area contributed by atoms with Crippen molar-refractivity contribution in [2.45, 2.75) is 50.6 Å². The summed E-state index contributed by atoms with van der Waals surface area (Å²) in [6.07, 6.45) is 8.68. The topological polar surface area (TPSA) is 18.5 Å². The van der Waals surface area contributed by atoms with Gasteiger partial charge in [0.2, 0.25) is 0 Å². The smallest absolute Gasteiger partial charge is 0.0253 e. The fraction of sp³-hybridized carbons (Fsp3) is 1.00. The lowest BCUT2D eigenvalue weighted by Crippen LogP contribution is -2.58. The minimum atomic E-state index is 0.865. The van der Waals surface area contributed by atoms with E-state index in [0.29, 0.717) is 0 Å². The van der Waals surface area contributed by atoms with E-state index < -0.39 is 0 Å². The summed E-state index contributed by atoms with van der Waals surface area (Å²) in [4.78, 5) is 5.59. The molecular weight excluding hydrogens is 210 g/mol. The summed E-state index contributed by atoms with van der Waals surface area (Å²) in [7, 11) is 0. The van der Waals surface area contributed by atoms with E-state index in [1.165, 1.54) is 77.8 Å². The zero-order valence-electron chi connectivity index (χ0n) is 11.0. The molecule has 3 nitrogen and oxygen atoms in total. The Hall–Kier alpha value is -0.120. The Morgan fingerprint density at radius 3 is 2.12 bits per heavy atom. The maximum Gasteiger partial charge on any atom is 0.0253 e. The summed E-state index contributed by atoms with van der Waals surface area (Å²) < 4.78 is 0. The Balaban J connectivity index is 1.68. The largest absolute Gasteiger partial charge is 0.314 e. The summed E-state index contributed by atoms with van der Waals surface area (Å²) >= 11 is 0. The lowest BCUT2D eigenvalue weighted by molar-refractivity contribution is 0.0337. The molecule has 3 heterocycles. The first-order chi connectivity index (χ1) is 8.45. The van der Waals surface area contributed by atoms with Crippen molar-refractivity contribution >= 4 is 0 Å². The van der Waals surface area contributed by atoms with Gasteiger partial charge in [-0.1, -0.05) is 12.8 Å². The van der Waals surface area contributed by atoms with Gasteiger partial charge < -0.3 is 5.32 Å². The Morgan fingerprint density at radius 1 is 0.647 bits per heavy atom. The van der Waals surface area contributed by atoms with Crippen molar-refractivity contribution in [1.82, 2.24) is 15.1 Å². The third-order valence-electron chi connectivity index (χ3n) is 4.92. The highest BCUT2D eigenvalue weighted by Gasteiger charge is 2.35. The molecule has 17 heavy (non-hydrogen) atoms. The maximum absolute atomic E-state index is 3.48. The monoisotopic (exact) mass is 237 g/mol. The van der Waals surface area contributed by atoms with Crippen LogP contribution in [0.4, 0.5) is 0 Å². The van der Waals surface area contributed by atoms with E-state index in [1.54, 1.807) is 0 Å². The van der Waals surface area contributed by atoms with Crippen LogP contribution in [-0.4, -0.2) is 61.2 Å². The molecule has 0 spiro atoms. The number of nitrogens with zero attached hydrogens (tertiary/aromatic N) is 2. The molecule has 3 fully saturated rings. The molecule has 3 rings (SSSR count). The van der Waals surface area contributed by atoms with Crippen LogP contribution < -0.4 is 5.32 Å². The molecule has 0 aliphatic carbocycles. The zero-order valence-corrected chi connectivity index (χ0v) is 11.0. The fourth-order valence-corrected chi connectivity index (χ4v) is 4.04. The van der Waals surface area contributed by atoms with Gasteiger partial charge in [-0.25, -0.2) is 0 Å². The summed E-state index contributed by atoms with van der Waals surface area (Å²) in [5.41, 5.74) is 0. The molecule has 3 aliphatic rings. The van der Waals surface area contributed by atoms with Crippen molar-refractivity contribution in [3.8, 4) is 0 Å². The van der Waals surface area contributed by atoms with Crippen molar-refractivity contribution in [2.75, 3.05) is 39.3 Å². The number of hydrogen-bond acceptors (Lipinski definition) is 3. The molecule has 0 aromatic heterocycles. The van der Waals surface area contributed by atoms with E-state index in [9.17, 15) is 0 Å². The van der Waals surface area contributed by atoms with Gasteiger partial charge in [0.25, 0.3) is 0 Å². The highest BCUT2D eigenvalue weighted by molar-refractivity contribution is 4.93. The van der Waals surface area contributed by atoms with Gasteiger partial charge in [0.1, 0.15) is 0 Å². The van der Waals surface area contributed by atoms with Gasteiger partial charge in [-0.05, 0) is 38.8 Å². The van der Waals surface area contributed by atoms with Gasteiger partial charge in [-0.3, -0.25) is 9.80 Å². The van der Waals surface area contributed by atoms with E-state index in [2.05, 4.69) is 15.1 Å². The number of nitrogens with one attached hydrogen (secondary N) is 1. The van der Waals surface area contributed by atoms with Crippen LogP contribution in [-0.2, 0) is 0 Å². The minimum Gasteiger partial charge on any atom is -0.314 e. The van der Waals surface area contributed by atoms with Crippen molar-refractivity contribution in [1.29, 1.82) is 0 Å². The zero-order chi connectivity index (χ0) is 11.5. The molecule has 0 aromatic rings. The van der Waals surface area contributed by atoms with Gasteiger partial charge in [0.15, 0.2) is 0 Å². The summed E-state index contributed by atoms with van der Waals surface area (Å²) in [5, 5.41) is 3.48. The molecule has 2 unspecified atom stereocenters. The maximum atomic E-state index is 3.48. The van der Waals surface area contributed by atoms with Crippen molar-refractivity contribution in [3.05, 3.63) is 0 Å². The molecule has 0 bridgehead atoms. The number of piperidine rings is 1. The lowest BCUT2D eigenvalue weighted by Gasteiger charge is -2.46. The van der Waals surface area contributed by atoms with E-state index in [0.717, 1.165) is 12.1 Å². The molecule has 3 heteroatoms. The highest BCUT2D eigenvalue weighted by atomic mass is 15.3. The number of piperazine rings is 1. The molecule has 3 saturated heterocycles. The molecule has 0 radical (unpaired) electrons. The minimum absolute atomic E-state index is 0.865. The van der Waals surface area contributed by atoms with Crippen LogP contribution in [0.2, 0.25) is 0 Å². The molecule has 2 atom stereocenters. The van der Waals surface area contributed by atoms with Crippen LogP contribution in [0.3, 0.4) is 0 Å². The van der Waals surface area contributed by atoms with Crippen LogP contribution in [0.15, 0.2) is 0 Å². The summed E-state index contributed by atoms with van der Waals surface area (Å²) in [6, 6.07) is 1.74. The fourth-order valence-electron chi connectivity index (χ4n) is 4.04. The SMILES string of the molecule is C1CCC2C(N3CCNCC3)CCCN2CC1. The molecule has 0 aromatic carbocycles. The predicted molar refractivity (Wildman–Crippen MR) is 71.3 cm³/mol. The Labute approximate surface area is 106 Å². The summed E-state index contributed by atoms with van der Waals surface area (Å²) in [6.45, 7) is 7.68. The highest BCUT2D eigenvalue weighted by Crippen LogP contribution is 2.29. The first-order valence-corrected chi connectivity index (χ1v) is 7.64. The van der Waals surface area contributed by atoms with Gasteiger partial charge >= 0.3 is 0 Å². The van der Waals surface area contributed by atoms with Crippen LogP contribution in [0.1, 0.15) is 38.5 Å². The second-order valence-electron chi connectivity index (χ2n) is 5.95. The Morgan fingerprint density at radius 2 is 1.29 bits per heavy atom. The second kappa shape index (κ2) is 5.68. The number of hydrogen-bond donors (Lipinski definition) is 1. The third-order valence-corrected chi connectivity index (χ3v) is 4.92. The van der Waals surface area contributed by atoms with Gasteiger partial charge in [0.05, 0.1) is 0 Å².